The number of hydrogen-bond acceptors (Lipinski definition) is 0. The predicted molar refractivity (Wildman–Crippen MR) is 109 cm³/mol. The standard InChI is InChI=1S/C21H27FS2/c1-14-15-8-6-9-16(14)13-20(24(4)5)18-11-7-10-17(21(18)22)19(12-15)23(2)3/h6-11,19-20H,12-13H2,1-5H3/q+2. The van der Waals surface area contributed by atoms with Crippen LogP contribution in [0, 0.1) is 12.7 Å². The molecule has 0 saturated heterocycles. The first-order valence-corrected chi connectivity index (χ1v) is 12.6. The van der Waals surface area contributed by atoms with Gasteiger partial charge >= 0.3 is 0 Å². The van der Waals surface area contributed by atoms with Crippen LogP contribution in [0.3, 0.4) is 0 Å². The van der Waals surface area contributed by atoms with E-state index >= 15 is 4.39 Å². The monoisotopic (exact) mass is 362 g/mol. The average Bonchev–Trinajstić information content (AvgIpc) is 2.52. The molecule has 3 rings (SSSR count). The van der Waals surface area contributed by atoms with Crippen LogP contribution in [-0.4, -0.2) is 25.0 Å². The maximum atomic E-state index is 15.5. The largest absolute Gasteiger partial charge is 0.206 e. The van der Waals surface area contributed by atoms with Crippen LogP contribution in [0.15, 0.2) is 36.4 Å². The van der Waals surface area contributed by atoms with Crippen molar-refractivity contribution in [2.45, 2.75) is 30.3 Å². The van der Waals surface area contributed by atoms with E-state index < -0.39 is 0 Å². The van der Waals surface area contributed by atoms with Crippen molar-refractivity contribution in [3.63, 3.8) is 0 Å². The average molecular weight is 363 g/mol. The molecule has 2 aromatic rings. The molecule has 2 atom stereocenters. The van der Waals surface area contributed by atoms with Gasteiger partial charge in [0.2, 0.25) is 0 Å². The fourth-order valence-corrected chi connectivity index (χ4v) is 6.11. The van der Waals surface area contributed by atoms with Crippen molar-refractivity contribution in [1.82, 2.24) is 0 Å². The first kappa shape index (κ1) is 17.9. The van der Waals surface area contributed by atoms with Crippen molar-refractivity contribution in [1.29, 1.82) is 0 Å². The van der Waals surface area contributed by atoms with Crippen molar-refractivity contribution in [2.75, 3.05) is 25.0 Å². The normalized spacial score (nSPS) is 20.5. The summed E-state index contributed by atoms with van der Waals surface area (Å²) in [5.74, 6) is 0.0534. The number of halogens is 1. The van der Waals surface area contributed by atoms with Crippen LogP contribution < -0.4 is 0 Å². The molecule has 0 aliphatic heterocycles. The molecule has 4 bridgehead atoms. The topological polar surface area (TPSA) is 0 Å². The molecule has 0 nitrogen and oxygen atoms in total. The maximum absolute atomic E-state index is 15.5. The molecule has 3 heteroatoms. The number of fused-ring (bicyclic) bond motifs is 4. The molecule has 24 heavy (non-hydrogen) atoms. The third kappa shape index (κ3) is 3.25. The molecule has 0 amide bonds. The molecular formula is C21H27FS2+2. The Hall–Kier alpha value is -0.930. The molecule has 0 spiro atoms. The van der Waals surface area contributed by atoms with Gasteiger partial charge in [-0.05, 0) is 45.4 Å². The Kier molecular flexibility index (Phi) is 5.31. The highest BCUT2D eigenvalue weighted by molar-refractivity contribution is 7.96. The van der Waals surface area contributed by atoms with Crippen molar-refractivity contribution < 1.29 is 4.39 Å². The minimum Gasteiger partial charge on any atom is -0.206 e. The van der Waals surface area contributed by atoms with Crippen molar-refractivity contribution in [3.05, 3.63) is 70.0 Å². The van der Waals surface area contributed by atoms with E-state index in [2.05, 4.69) is 56.2 Å². The summed E-state index contributed by atoms with van der Waals surface area (Å²) in [5, 5.41) is 0.515. The van der Waals surface area contributed by atoms with E-state index in [1.54, 1.807) is 0 Å². The highest BCUT2D eigenvalue weighted by Crippen LogP contribution is 2.38. The number of rotatable bonds is 2. The van der Waals surface area contributed by atoms with E-state index in [0.29, 0.717) is 0 Å². The van der Waals surface area contributed by atoms with Gasteiger partial charge in [-0.15, -0.1) is 0 Å². The van der Waals surface area contributed by atoms with Crippen LogP contribution in [0.4, 0.5) is 4.39 Å². The quantitative estimate of drug-likeness (QED) is 0.675. The summed E-state index contributed by atoms with van der Waals surface area (Å²) in [6, 6.07) is 12.7. The van der Waals surface area contributed by atoms with E-state index in [-0.39, 0.29) is 38.1 Å². The lowest BCUT2D eigenvalue weighted by atomic mass is 9.90. The number of hydrogen-bond donors (Lipinski definition) is 0. The lowest BCUT2D eigenvalue weighted by Crippen LogP contribution is -2.21. The lowest BCUT2D eigenvalue weighted by Gasteiger charge is -2.24. The molecule has 0 heterocycles. The van der Waals surface area contributed by atoms with E-state index in [4.69, 9.17) is 0 Å². The number of benzene rings is 2. The lowest BCUT2D eigenvalue weighted by molar-refractivity contribution is 0.585. The molecule has 0 fully saturated rings. The Balaban J connectivity index is 2.25. The molecule has 2 unspecified atom stereocenters. The molecular weight excluding hydrogens is 335 g/mol. The van der Waals surface area contributed by atoms with Gasteiger partial charge in [0.05, 0.1) is 25.0 Å². The van der Waals surface area contributed by atoms with E-state index in [9.17, 15) is 0 Å². The Morgan fingerprint density at radius 3 is 1.62 bits per heavy atom. The first-order chi connectivity index (χ1) is 11.4. The van der Waals surface area contributed by atoms with E-state index in [1.807, 2.05) is 12.1 Å². The van der Waals surface area contributed by atoms with Gasteiger partial charge < -0.3 is 0 Å². The molecule has 1 aliphatic rings. The van der Waals surface area contributed by atoms with Gasteiger partial charge in [0, 0.05) is 24.0 Å². The summed E-state index contributed by atoms with van der Waals surface area (Å²) >= 11 is 0. The van der Waals surface area contributed by atoms with Crippen LogP contribution in [0.25, 0.3) is 0 Å². The van der Waals surface area contributed by atoms with Gasteiger partial charge in [0.15, 0.2) is 0 Å². The molecule has 0 aromatic heterocycles. The molecule has 2 aromatic carbocycles. The third-order valence-electron chi connectivity index (χ3n) is 5.26. The summed E-state index contributed by atoms with van der Waals surface area (Å²) < 4.78 is 15.5. The zero-order chi connectivity index (χ0) is 17.4. The van der Waals surface area contributed by atoms with Gasteiger partial charge in [0.1, 0.15) is 16.3 Å². The van der Waals surface area contributed by atoms with E-state index in [1.165, 1.54) is 16.7 Å². The third-order valence-corrected chi connectivity index (χ3v) is 8.38. The smallest absolute Gasteiger partial charge is 0.149 e. The van der Waals surface area contributed by atoms with Crippen LogP contribution in [-0.2, 0) is 34.6 Å². The SMILES string of the molecule is Cc1c2cccc1CC([S+](C)C)c1cccc(c1F)C([S+](C)C)C2. The molecule has 0 N–H and O–H groups in total. The van der Waals surface area contributed by atoms with Gasteiger partial charge in [-0.3, -0.25) is 0 Å². The van der Waals surface area contributed by atoms with E-state index in [0.717, 1.165) is 24.0 Å². The summed E-state index contributed by atoms with van der Waals surface area (Å²) in [5.41, 5.74) is 6.02. The fourth-order valence-electron chi connectivity index (χ4n) is 3.71. The minimum atomic E-state index is 0.0534. The van der Waals surface area contributed by atoms with Crippen LogP contribution in [0.1, 0.15) is 38.3 Å². The summed E-state index contributed by atoms with van der Waals surface area (Å²) in [7, 11) is 0.252. The summed E-state index contributed by atoms with van der Waals surface area (Å²) in [6.07, 6.45) is 10.8. The van der Waals surface area contributed by atoms with Crippen LogP contribution in [0.5, 0.6) is 0 Å². The summed E-state index contributed by atoms with van der Waals surface area (Å²) in [6.45, 7) is 2.25. The second-order valence-corrected chi connectivity index (χ2v) is 11.8. The van der Waals surface area contributed by atoms with Gasteiger partial charge in [-0.2, -0.15) is 0 Å². The molecule has 128 valence electrons. The van der Waals surface area contributed by atoms with Crippen molar-refractivity contribution in [2.24, 2.45) is 0 Å². The molecule has 0 saturated carbocycles. The van der Waals surface area contributed by atoms with Crippen molar-refractivity contribution in [3.8, 4) is 0 Å². The zero-order valence-corrected chi connectivity index (χ0v) is 16.9. The van der Waals surface area contributed by atoms with Crippen LogP contribution >= 0.6 is 0 Å². The Bertz CT molecular complexity index is 682. The van der Waals surface area contributed by atoms with Gasteiger partial charge in [0.25, 0.3) is 0 Å². The zero-order valence-electron chi connectivity index (χ0n) is 15.2. The Morgan fingerprint density at radius 1 is 0.792 bits per heavy atom. The molecule has 1 aliphatic carbocycles. The summed E-state index contributed by atoms with van der Waals surface area (Å²) in [4.78, 5) is 0. The van der Waals surface area contributed by atoms with Gasteiger partial charge in [-0.25, -0.2) is 4.39 Å². The Morgan fingerprint density at radius 2 is 1.21 bits per heavy atom. The first-order valence-electron chi connectivity index (χ1n) is 8.38. The van der Waals surface area contributed by atoms with Crippen molar-refractivity contribution >= 4 is 21.8 Å². The highest BCUT2D eigenvalue weighted by atomic mass is 32.2. The fraction of sp³-hybridized carbons (Fsp3) is 0.429. The second kappa shape index (κ2) is 7.13. The highest BCUT2D eigenvalue weighted by Gasteiger charge is 2.35. The maximum Gasteiger partial charge on any atom is 0.149 e. The predicted octanol–water partition coefficient (Wildman–Crippen LogP) is 4.77. The Labute approximate surface area is 151 Å². The minimum absolute atomic E-state index is 0.0534. The molecule has 0 radical (unpaired) electrons. The van der Waals surface area contributed by atoms with Crippen LogP contribution in [0.2, 0.25) is 0 Å². The van der Waals surface area contributed by atoms with Gasteiger partial charge in [-0.1, -0.05) is 36.4 Å². The second-order valence-electron chi connectivity index (χ2n) is 7.10.